The van der Waals surface area contributed by atoms with Gasteiger partial charge in [0.15, 0.2) is 0 Å². The Morgan fingerprint density at radius 1 is 1.15 bits per heavy atom. The predicted octanol–water partition coefficient (Wildman–Crippen LogP) is 3.14. The summed E-state index contributed by atoms with van der Waals surface area (Å²) in [6.07, 6.45) is 4.61. The fraction of sp³-hybridized carbons (Fsp3) is 0.118. The zero-order chi connectivity index (χ0) is 18.4. The number of nitrogens with zero attached hydrogens (tertiary/aromatic N) is 4. The molecule has 2 heterocycles. The molecule has 132 valence electrons. The second-order valence-electron chi connectivity index (χ2n) is 5.24. The first-order valence-electron chi connectivity index (χ1n) is 7.70. The van der Waals surface area contributed by atoms with Crippen LogP contribution in [0.25, 0.3) is 0 Å². The highest BCUT2D eigenvalue weighted by Crippen LogP contribution is 2.31. The van der Waals surface area contributed by atoms with E-state index < -0.39 is 4.92 Å². The Hall–Kier alpha value is -3.75. The Morgan fingerprint density at radius 3 is 2.58 bits per heavy atom. The molecular formula is C17H16N6O3. The zero-order valence-corrected chi connectivity index (χ0v) is 13.9. The molecule has 0 bridgehead atoms. The van der Waals surface area contributed by atoms with Crippen LogP contribution in [0.2, 0.25) is 0 Å². The number of rotatable bonds is 7. The van der Waals surface area contributed by atoms with Gasteiger partial charge in [-0.1, -0.05) is 6.07 Å². The number of hydrogen-bond donors (Lipinski definition) is 2. The van der Waals surface area contributed by atoms with Crippen LogP contribution in [0.1, 0.15) is 5.56 Å². The van der Waals surface area contributed by atoms with Gasteiger partial charge in [0, 0.05) is 24.6 Å². The van der Waals surface area contributed by atoms with Crippen LogP contribution in [-0.2, 0) is 6.54 Å². The molecule has 0 unspecified atom stereocenters. The topological polar surface area (TPSA) is 115 Å². The van der Waals surface area contributed by atoms with Gasteiger partial charge in [-0.3, -0.25) is 15.1 Å². The lowest BCUT2D eigenvalue weighted by molar-refractivity contribution is -0.383. The van der Waals surface area contributed by atoms with Gasteiger partial charge in [0.1, 0.15) is 12.1 Å². The van der Waals surface area contributed by atoms with Crippen molar-refractivity contribution in [3.05, 3.63) is 70.8 Å². The third-order valence-electron chi connectivity index (χ3n) is 3.54. The Kier molecular flexibility index (Phi) is 5.18. The molecule has 0 saturated heterocycles. The van der Waals surface area contributed by atoms with Gasteiger partial charge in [-0.05, 0) is 35.9 Å². The van der Waals surface area contributed by atoms with E-state index >= 15 is 0 Å². The number of nitro groups is 1. The Balaban J connectivity index is 1.84. The third-order valence-corrected chi connectivity index (χ3v) is 3.54. The maximum atomic E-state index is 11.6. The molecule has 26 heavy (non-hydrogen) atoms. The largest absolute Gasteiger partial charge is 0.497 e. The smallest absolute Gasteiger partial charge is 0.353 e. The van der Waals surface area contributed by atoms with Gasteiger partial charge < -0.3 is 15.4 Å². The van der Waals surface area contributed by atoms with E-state index in [0.29, 0.717) is 18.0 Å². The van der Waals surface area contributed by atoms with Gasteiger partial charge in [-0.15, -0.1) is 0 Å². The number of ether oxygens (including phenoxy) is 1. The van der Waals surface area contributed by atoms with Crippen LogP contribution in [0, 0.1) is 10.1 Å². The van der Waals surface area contributed by atoms with E-state index in [0.717, 1.165) is 5.56 Å². The van der Waals surface area contributed by atoms with Crippen molar-refractivity contribution >= 4 is 23.0 Å². The monoisotopic (exact) mass is 352 g/mol. The molecule has 0 fully saturated rings. The zero-order valence-electron chi connectivity index (χ0n) is 13.9. The molecule has 1 aromatic carbocycles. The number of methoxy groups -OCH3 is 1. The van der Waals surface area contributed by atoms with Crippen molar-refractivity contribution < 1.29 is 9.66 Å². The minimum absolute atomic E-state index is 0.101. The number of pyridine rings is 1. The lowest BCUT2D eigenvalue weighted by Gasteiger charge is -2.10. The second kappa shape index (κ2) is 7.88. The van der Waals surface area contributed by atoms with E-state index in [4.69, 9.17) is 4.74 Å². The molecule has 9 heteroatoms. The number of anilines is 3. The van der Waals surface area contributed by atoms with Gasteiger partial charge in [-0.2, -0.15) is 0 Å². The lowest BCUT2D eigenvalue weighted by atomic mass is 10.3. The number of benzene rings is 1. The fourth-order valence-electron chi connectivity index (χ4n) is 2.27. The molecule has 3 aromatic rings. The summed E-state index contributed by atoms with van der Waals surface area (Å²) in [5.41, 5.74) is 1.29. The first-order valence-corrected chi connectivity index (χ1v) is 7.70. The van der Waals surface area contributed by atoms with Crippen LogP contribution in [0.15, 0.2) is 55.1 Å². The van der Waals surface area contributed by atoms with Gasteiger partial charge in [0.25, 0.3) is 0 Å². The Bertz CT molecular complexity index is 887. The van der Waals surface area contributed by atoms with Crippen LogP contribution in [0.3, 0.4) is 0 Å². The van der Waals surface area contributed by atoms with E-state index in [-0.39, 0.29) is 17.3 Å². The van der Waals surface area contributed by atoms with Crippen molar-refractivity contribution in [3.63, 3.8) is 0 Å². The standard InChI is InChI=1S/C17H16N6O3/c1-26-14-6-4-13(5-7-14)22-17-15(23(24)25)16(20-11-21-17)19-10-12-3-2-8-18-9-12/h2-9,11H,10H2,1H3,(H2,19,20,21,22). The minimum Gasteiger partial charge on any atom is -0.497 e. The first-order chi connectivity index (χ1) is 12.7. The molecule has 3 rings (SSSR count). The molecule has 0 radical (unpaired) electrons. The van der Waals surface area contributed by atoms with Crippen molar-refractivity contribution in [2.24, 2.45) is 0 Å². The third kappa shape index (κ3) is 4.01. The quantitative estimate of drug-likeness (QED) is 0.492. The lowest BCUT2D eigenvalue weighted by Crippen LogP contribution is -2.08. The van der Waals surface area contributed by atoms with Crippen LogP contribution in [0.4, 0.5) is 23.0 Å². The minimum atomic E-state index is -0.516. The summed E-state index contributed by atoms with van der Waals surface area (Å²) >= 11 is 0. The van der Waals surface area contributed by atoms with Gasteiger partial charge in [0.2, 0.25) is 11.6 Å². The molecular weight excluding hydrogens is 336 g/mol. The highest BCUT2D eigenvalue weighted by molar-refractivity contribution is 5.73. The van der Waals surface area contributed by atoms with E-state index in [1.54, 1.807) is 49.8 Å². The average molecular weight is 352 g/mol. The molecule has 0 saturated carbocycles. The molecule has 2 aromatic heterocycles. The molecule has 0 amide bonds. The van der Waals surface area contributed by atoms with Crippen molar-refractivity contribution in [2.45, 2.75) is 6.54 Å². The van der Waals surface area contributed by atoms with Crippen LogP contribution in [-0.4, -0.2) is 27.0 Å². The normalized spacial score (nSPS) is 10.2. The molecule has 9 nitrogen and oxygen atoms in total. The van der Waals surface area contributed by atoms with E-state index in [2.05, 4.69) is 25.6 Å². The number of nitrogens with one attached hydrogen (secondary N) is 2. The fourth-order valence-corrected chi connectivity index (χ4v) is 2.27. The van der Waals surface area contributed by atoms with Gasteiger partial charge in [0.05, 0.1) is 12.0 Å². The summed E-state index contributed by atoms with van der Waals surface area (Å²) in [4.78, 5) is 23.1. The summed E-state index contributed by atoms with van der Waals surface area (Å²) in [5, 5.41) is 17.5. The first kappa shape index (κ1) is 17.1. The van der Waals surface area contributed by atoms with E-state index in [9.17, 15) is 10.1 Å². The van der Waals surface area contributed by atoms with Crippen LogP contribution in [0.5, 0.6) is 5.75 Å². The molecule has 0 aliphatic rings. The number of hydrogen-bond acceptors (Lipinski definition) is 8. The average Bonchev–Trinajstić information content (AvgIpc) is 2.67. The van der Waals surface area contributed by atoms with Gasteiger partial charge >= 0.3 is 5.69 Å². The highest BCUT2D eigenvalue weighted by atomic mass is 16.6. The van der Waals surface area contributed by atoms with Crippen molar-refractivity contribution in [1.29, 1.82) is 0 Å². The maximum Gasteiger partial charge on any atom is 0.353 e. The molecule has 0 aliphatic carbocycles. The predicted molar refractivity (Wildman–Crippen MR) is 96.5 cm³/mol. The summed E-state index contributed by atoms with van der Waals surface area (Å²) in [7, 11) is 1.57. The molecule has 2 N–H and O–H groups in total. The second-order valence-corrected chi connectivity index (χ2v) is 5.24. The van der Waals surface area contributed by atoms with E-state index in [1.807, 2.05) is 6.07 Å². The van der Waals surface area contributed by atoms with Crippen molar-refractivity contribution in [3.8, 4) is 5.75 Å². The summed E-state index contributed by atoms with van der Waals surface area (Å²) < 4.78 is 5.10. The summed E-state index contributed by atoms with van der Waals surface area (Å²) in [6, 6.07) is 10.6. The molecule has 0 aliphatic heterocycles. The Morgan fingerprint density at radius 2 is 1.92 bits per heavy atom. The summed E-state index contributed by atoms with van der Waals surface area (Å²) in [6.45, 7) is 0.355. The maximum absolute atomic E-state index is 11.6. The van der Waals surface area contributed by atoms with Crippen molar-refractivity contribution in [2.75, 3.05) is 17.7 Å². The SMILES string of the molecule is COc1ccc(Nc2ncnc(NCc3cccnc3)c2[N+](=O)[O-])cc1. The van der Waals surface area contributed by atoms with E-state index in [1.165, 1.54) is 6.33 Å². The Labute approximate surface area is 149 Å². The molecule has 0 atom stereocenters. The molecule has 0 spiro atoms. The van der Waals surface area contributed by atoms with Crippen LogP contribution < -0.4 is 15.4 Å². The summed E-state index contributed by atoms with van der Waals surface area (Å²) in [5.74, 6) is 0.917. The number of aromatic nitrogens is 3. The highest BCUT2D eigenvalue weighted by Gasteiger charge is 2.23. The van der Waals surface area contributed by atoms with Crippen LogP contribution >= 0.6 is 0 Å². The van der Waals surface area contributed by atoms with Gasteiger partial charge in [-0.25, -0.2) is 9.97 Å². The van der Waals surface area contributed by atoms with Crippen molar-refractivity contribution in [1.82, 2.24) is 15.0 Å².